The van der Waals surface area contributed by atoms with Crippen molar-refractivity contribution < 1.29 is 4.79 Å². The molecule has 0 spiro atoms. The minimum Gasteiger partial charge on any atom is -0.350 e. The highest BCUT2D eigenvalue weighted by Gasteiger charge is 2.10. The smallest absolute Gasteiger partial charge is 0.279 e. The molecule has 122 valence electrons. The van der Waals surface area contributed by atoms with Crippen LogP contribution in [0.25, 0.3) is 20.8 Å². The monoisotopic (exact) mass is 339 g/mol. The first-order valence-electron chi connectivity index (χ1n) is 7.68. The molecule has 1 aromatic carbocycles. The predicted octanol–water partition coefficient (Wildman–Crippen LogP) is 2.99. The van der Waals surface area contributed by atoms with Crippen molar-refractivity contribution in [2.24, 2.45) is 5.92 Å². The number of pyridine rings is 1. The molecule has 0 fully saturated rings. The number of hydrogen-bond acceptors (Lipinski definition) is 5. The second kappa shape index (κ2) is 6.88. The standard InChI is InChI=1S/C18H17N3O2S/c1-11(2)16(22)19-10-12-6-5-8-14(20-12)18-21-17(23)13-7-3-4-9-15(13)24-18/h3-9,11H,10H2,1-2H3,(H,19,22). The molecule has 0 radical (unpaired) electrons. The molecule has 0 unspecified atom stereocenters. The first-order chi connectivity index (χ1) is 11.5. The van der Waals surface area contributed by atoms with Gasteiger partial charge < -0.3 is 5.32 Å². The molecular formula is C18H17N3O2S. The number of aromatic nitrogens is 2. The number of carbonyl (C=O) groups excluding carboxylic acids is 1. The van der Waals surface area contributed by atoms with E-state index in [1.54, 1.807) is 6.07 Å². The third-order valence-corrected chi connectivity index (χ3v) is 4.59. The number of benzene rings is 1. The third kappa shape index (κ3) is 3.49. The number of nitrogens with one attached hydrogen (secondary N) is 1. The van der Waals surface area contributed by atoms with Crippen molar-refractivity contribution in [1.29, 1.82) is 0 Å². The molecule has 1 amide bonds. The molecule has 1 N–H and O–H groups in total. The summed E-state index contributed by atoms with van der Waals surface area (Å²) in [4.78, 5) is 32.5. The average Bonchev–Trinajstić information content (AvgIpc) is 2.59. The molecule has 0 saturated carbocycles. The van der Waals surface area contributed by atoms with Crippen LogP contribution < -0.4 is 10.9 Å². The van der Waals surface area contributed by atoms with Gasteiger partial charge in [0, 0.05) is 10.6 Å². The minimum absolute atomic E-state index is 0.0179. The van der Waals surface area contributed by atoms with E-state index in [1.807, 2.05) is 50.2 Å². The van der Waals surface area contributed by atoms with Gasteiger partial charge in [-0.2, -0.15) is 4.98 Å². The summed E-state index contributed by atoms with van der Waals surface area (Å²) in [5.74, 6) is -0.0868. The van der Waals surface area contributed by atoms with Gasteiger partial charge >= 0.3 is 0 Å². The van der Waals surface area contributed by atoms with Gasteiger partial charge in [-0.15, -0.1) is 11.3 Å². The Morgan fingerprint density at radius 1 is 1.12 bits per heavy atom. The summed E-state index contributed by atoms with van der Waals surface area (Å²) in [5, 5.41) is 4.03. The van der Waals surface area contributed by atoms with Gasteiger partial charge in [-0.25, -0.2) is 4.98 Å². The number of fused-ring (bicyclic) bond motifs is 1. The summed E-state index contributed by atoms with van der Waals surface area (Å²) in [6.07, 6.45) is 0. The topological polar surface area (TPSA) is 72.0 Å². The fraction of sp³-hybridized carbons (Fsp3) is 0.222. The lowest BCUT2D eigenvalue weighted by atomic mass is 10.2. The Labute approximate surface area is 143 Å². The van der Waals surface area contributed by atoms with Crippen LogP contribution in [0.3, 0.4) is 0 Å². The largest absolute Gasteiger partial charge is 0.350 e. The summed E-state index contributed by atoms with van der Waals surface area (Å²) >= 11 is 1.43. The summed E-state index contributed by atoms with van der Waals surface area (Å²) in [6.45, 7) is 4.04. The zero-order chi connectivity index (χ0) is 17.1. The lowest BCUT2D eigenvalue weighted by Gasteiger charge is -2.08. The van der Waals surface area contributed by atoms with E-state index in [1.165, 1.54) is 11.3 Å². The highest BCUT2D eigenvalue weighted by molar-refractivity contribution is 7.21. The van der Waals surface area contributed by atoms with E-state index in [4.69, 9.17) is 0 Å². The maximum atomic E-state index is 12.2. The van der Waals surface area contributed by atoms with Crippen LogP contribution in [0.1, 0.15) is 19.5 Å². The van der Waals surface area contributed by atoms with E-state index >= 15 is 0 Å². The van der Waals surface area contributed by atoms with E-state index < -0.39 is 0 Å². The Bertz CT molecular complexity index is 950. The highest BCUT2D eigenvalue weighted by atomic mass is 32.1. The van der Waals surface area contributed by atoms with Gasteiger partial charge in [0.25, 0.3) is 5.56 Å². The van der Waals surface area contributed by atoms with E-state index in [0.717, 1.165) is 10.4 Å². The van der Waals surface area contributed by atoms with Crippen LogP contribution >= 0.6 is 11.3 Å². The Kier molecular flexibility index (Phi) is 4.66. The van der Waals surface area contributed by atoms with Crippen molar-refractivity contribution in [2.45, 2.75) is 20.4 Å². The van der Waals surface area contributed by atoms with Crippen molar-refractivity contribution in [3.63, 3.8) is 0 Å². The third-order valence-electron chi connectivity index (χ3n) is 3.52. The zero-order valence-electron chi connectivity index (χ0n) is 13.4. The summed E-state index contributed by atoms with van der Waals surface area (Å²) in [6, 6.07) is 12.9. The zero-order valence-corrected chi connectivity index (χ0v) is 14.3. The quantitative estimate of drug-likeness (QED) is 0.793. The lowest BCUT2D eigenvalue weighted by molar-refractivity contribution is -0.124. The van der Waals surface area contributed by atoms with Gasteiger partial charge in [0.15, 0.2) is 0 Å². The van der Waals surface area contributed by atoms with Gasteiger partial charge in [0.05, 0.1) is 23.3 Å². The van der Waals surface area contributed by atoms with Crippen LogP contribution in [-0.4, -0.2) is 15.9 Å². The van der Waals surface area contributed by atoms with Gasteiger partial charge in [0.1, 0.15) is 5.01 Å². The van der Waals surface area contributed by atoms with Crippen LogP contribution in [0.4, 0.5) is 0 Å². The molecule has 2 heterocycles. The second-order valence-corrected chi connectivity index (χ2v) is 6.74. The van der Waals surface area contributed by atoms with Crippen molar-refractivity contribution in [3.8, 4) is 10.7 Å². The minimum atomic E-state index is -0.250. The summed E-state index contributed by atoms with van der Waals surface area (Å²) in [7, 11) is 0. The number of nitrogens with zero attached hydrogens (tertiary/aromatic N) is 2. The normalized spacial score (nSPS) is 11.0. The van der Waals surface area contributed by atoms with Crippen molar-refractivity contribution in [2.75, 3.05) is 0 Å². The van der Waals surface area contributed by atoms with Crippen molar-refractivity contribution >= 4 is 27.3 Å². The summed E-state index contributed by atoms with van der Waals surface area (Å²) in [5.41, 5.74) is 1.12. The van der Waals surface area contributed by atoms with Crippen molar-refractivity contribution in [3.05, 3.63) is 58.5 Å². The predicted molar refractivity (Wildman–Crippen MR) is 95.8 cm³/mol. The van der Waals surface area contributed by atoms with E-state index in [0.29, 0.717) is 22.6 Å². The SMILES string of the molecule is CC(C)C(=O)NCc1cccc(-c2nc(=O)c3ccccc3s2)n1. The Balaban J connectivity index is 1.91. The van der Waals surface area contributed by atoms with Gasteiger partial charge in [-0.3, -0.25) is 9.59 Å². The van der Waals surface area contributed by atoms with E-state index in [2.05, 4.69) is 15.3 Å². The number of rotatable bonds is 4. The number of carbonyl (C=O) groups is 1. The Hall–Kier alpha value is -2.60. The van der Waals surface area contributed by atoms with E-state index in [9.17, 15) is 9.59 Å². The first kappa shape index (κ1) is 16.3. The van der Waals surface area contributed by atoms with Crippen LogP contribution in [0.5, 0.6) is 0 Å². The molecule has 3 aromatic rings. The number of amides is 1. The van der Waals surface area contributed by atoms with Crippen LogP contribution in [0.15, 0.2) is 47.3 Å². The molecule has 0 saturated heterocycles. The number of hydrogen-bond donors (Lipinski definition) is 1. The molecular weight excluding hydrogens is 322 g/mol. The fourth-order valence-corrected chi connectivity index (χ4v) is 3.17. The molecule has 24 heavy (non-hydrogen) atoms. The average molecular weight is 339 g/mol. The first-order valence-corrected chi connectivity index (χ1v) is 8.50. The molecule has 0 aliphatic rings. The Morgan fingerprint density at radius 3 is 2.71 bits per heavy atom. The Morgan fingerprint density at radius 2 is 1.92 bits per heavy atom. The molecule has 0 aliphatic heterocycles. The fourth-order valence-electron chi connectivity index (χ4n) is 2.20. The molecule has 0 atom stereocenters. The van der Waals surface area contributed by atoms with Crippen molar-refractivity contribution in [1.82, 2.24) is 15.3 Å². The lowest BCUT2D eigenvalue weighted by Crippen LogP contribution is -2.27. The highest BCUT2D eigenvalue weighted by Crippen LogP contribution is 2.24. The van der Waals surface area contributed by atoms with Crippen LogP contribution in [-0.2, 0) is 11.3 Å². The van der Waals surface area contributed by atoms with Gasteiger partial charge in [0.2, 0.25) is 5.91 Å². The molecule has 6 heteroatoms. The molecule has 5 nitrogen and oxygen atoms in total. The maximum absolute atomic E-state index is 12.2. The maximum Gasteiger partial charge on any atom is 0.279 e. The van der Waals surface area contributed by atoms with Gasteiger partial charge in [-0.1, -0.05) is 32.0 Å². The van der Waals surface area contributed by atoms with Gasteiger partial charge in [-0.05, 0) is 24.3 Å². The van der Waals surface area contributed by atoms with Crippen LogP contribution in [0.2, 0.25) is 0 Å². The molecule has 3 rings (SSSR count). The molecule has 2 aromatic heterocycles. The van der Waals surface area contributed by atoms with E-state index in [-0.39, 0.29) is 17.4 Å². The van der Waals surface area contributed by atoms with Crippen LogP contribution in [0, 0.1) is 5.92 Å². The summed E-state index contributed by atoms with van der Waals surface area (Å²) < 4.78 is 0.882. The second-order valence-electron chi connectivity index (χ2n) is 5.71. The molecule has 0 aliphatic carbocycles. The molecule has 0 bridgehead atoms.